The summed E-state index contributed by atoms with van der Waals surface area (Å²) < 4.78 is 0. The number of nitrogens with zero attached hydrogens (tertiary/aromatic N) is 1. The van der Waals surface area contributed by atoms with Crippen LogP contribution in [0.1, 0.15) is 40.0 Å². The summed E-state index contributed by atoms with van der Waals surface area (Å²) in [6, 6.07) is 0.340. The third-order valence-corrected chi connectivity index (χ3v) is 2.62. The third-order valence-electron chi connectivity index (χ3n) is 2.62. The molecule has 3 nitrogen and oxygen atoms in total. The second kappa shape index (κ2) is 5.35. The number of rotatable bonds is 3. The number of hydrogen-bond acceptors (Lipinski definition) is 2. The molecule has 0 aliphatic carbocycles. The van der Waals surface area contributed by atoms with Gasteiger partial charge in [0.25, 0.3) is 0 Å². The van der Waals surface area contributed by atoms with Gasteiger partial charge in [-0.1, -0.05) is 13.8 Å². The second-order valence-electron chi connectivity index (χ2n) is 4.43. The van der Waals surface area contributed by atoms with E-state index in [1.54, 1.807) is 0 Å². The fourth-order valence-electron chi connectivity index (χ4n) is 1.96. The van der Waals surface area contributed by atoms with Crippen molar-refractivity contribution in [1.82, 2.24) is 10.2 Å². The maximum atomic E-state index is 11.9. The van der Waals surface area contributed by atoms with E-state index >= 15 is 0 Å². The van der Waals surface area contributed by atoms with Gasteiger partial charge < -0.3 is 10.2 Å². The van der Waals surface area contributed by atoms with E-state index in [4.69, 9.17) is 0 Å². The Bertz CT molecular complexity index is 186. The van der Waals surface area contributed by atoms with Crippen molar-refractivity contribution in [3.05, 3.63) is 0 Å². The number of nitrogens with one attached hydrogen (secondary N) is 1. The highest BCUT2D eigenvalue weighted by molar-refractivity contribution is 5.81. The number of amides is 1. The smallest absolute Gasteiger partial charge is 0.239 e. The Labute approximate surface area is 86.9 Å². The van der Waals surface area contributed by atoms with E-state index in [0.717, 1.165) is 13.1 Å². The molecule has 1 heterocycles. The van der Waals surface area contributed by atoms with E-state index in [1.807, 2.05) is 11.8 Å². The molecule has 82 valence electrons. The largest absolute Gasteiger partial charge is 0.341 e. The zero-order valence-electron chi connectivity index (χ0n) is 9.55. The fraction of sp³-hybridized carbons (Fsp3) is 0.909. The molecule has 3 heteroatoms. The van der Waals surface area contributed by atoms with Crippen LogP contribution in [0.15, 0.2) is 0 Å². The lowest BCUT2D eigenvalue weighted by molar-refractivity contribution is -0.134. The molecule has 1 rings (SSSR count). The van der Waals surface area contributed by atoms with Crippen molar-refractivity contribution in [3.8, 4) is 0 Å². The number of piperidine rings is 1. The van der Waals surface area contributed by atoms with Gasteiger partial charge in [-0.15, -0.1) is 0 Å². The van der Waals surface area contributed by atoms with Crippen molar-refractivity contribution in [2.45, 2.75) is 52.1 Å². The van der Waals surface area contributed by atoms with Gasteiger partial charge in [-0.25, -0.2) is 0 Å². The zero-order chi connectivity index (χ0) is 10.6. The Morgan fingerprint density at radius 3 is 2.21 bits per heavy atom. The van der Waals surface area contributed by atoms with Gasteiger partial charge >= 0.3 is 0 Å². The molecule has 1 N–H and O–H groups in total. The number of hydrogen-bond donors (Lipinski definition) is 1. The van der Waals surface area contributed by atoms with Crippen molar-refractivity contribution >= 4 is 5.91 Å². The Morgan fingerprint density at radius 1 is 1.14 bits per heavy atom. The molecule has 1 saturated heterocycles. The quantitative estimate of drug-likeness (QED) is 0.743. The predicted molar refractivity (Wildman–Crippen MR) is 58.2 cm³/mol. The molecule has 1 fully saturated rings. The van der Waals surface area contributed by atoms with E-state index in [9.17, 15) is 4.79 Å². The molecule has 0 aromatic heterocycles. The average Bonchev–Trinajstić information content (AvgIpc) is 2.17. The molecule has 0 unspecified atom stereocenters. The van der Waals surface area contributed by atoms with E-state index in [0.29, 0.717) is 6.04 Å². The molecule has 0 aromatic rings. The summed E-state index contributed by atoms with van der Waals surface area (Å²) in [6.07, 6.45) is 3.61. The lowest BCUT2D eigenvalue weighted by Crippen LogP contribution is -2.48. The summed E-state index contributed by atoms with van der Waals surface area (Å²) in [5, 5.41) is 3.25. The van der Waals surface area contributed by atoms with Gasteiger partial charge in [-0.2, -0.15) is 0 Å². The van der Waals surface area contributed by atoms with Gasteiger partial charge in [-0.05, 0) is 26.2 Å². The molecule has 1 aliphatic rings. The summed E-state index contributed by atoms with van der Waals surface area (Å²) in [6.45, 7) is 7.99. The fourth-order valence-corrected chi connectivity index (χ4v) is 1.96. The molecule has 1 aliphatic heterocycles. The van der Waals surface area contributed by atoms with Gasteiger partial charge in [0.15, 0.2) is 0 Å². The first kappa shape index (κ1) is 11.5. The van der Waals surface area contributed by atoms with Crippen LogP contribution in [0.4, 0.5) is 0 Å². The van der Waals surface area contributed by atoms with Gasteiger partial charge in [0.2, 0.25) is 5.91 Å². The normalized spacial score (nSPS) is 19.9. The molecular weight excluding hydrogens is 176 g/mol. The van der Waals surface area contributed by atoms with Crippen molar-refractivity contribution in [2.75, 3.05) is 13.1 Å². The van der Waals surface area contributed by atoms with E-state index in [2.05, 4.69) is 19.2 Å². The van der Waals surface area contributed by atoms with Crippen LogP contribution in [0.3, 0.4) is 0 Å². The lowest BCUT2D eigenvalue weighted by Gasteiger charge is -2.30. The minimum Gasteiger partial charge on any atom is -0.341 e. The van der Waals surface area contributed by atoms with Crippen molar-refractivity contribution in [3.63, 3.8) is 0 Å². The zero-order valence-corrected chi connectivity index (χ0v) is 9.55. The lowest BCUT2D eigenvalue weighted by atomic mass is 10.1. The van der Waals surface area contributed by atoms with Crippen LogP contribution in [-0.4, -0.2) is 36.0 Å². The summed E-state index contributed by atoms with van der Waals surface area (Å²) >= 11 is 0. The molecule has 14 heavy (non-hydrogen) atoms. The first-order valence-corrected chi connectivity index (χ1v) is 5.66. The van der Waals surface area contributed by atoms with Crippen molar-refractivity contribution < 1.29 is 4.79 Å². The SMILES string of the molecule is CC(C)N[C@@H](C)C(=O)N1CCCCC1. The highest BCUT2D eigenvalue weighted by Gasteiger charge is 2.21. The molecule has 0 spiro atoms. The van der Waals surface area contributed by atoms with Crippen LogP contribution in [0.25, 0.3) is 0 Å². The summed E-state index contributed by atoms with van der Waals surface area (Å²) in [5.41, 5.74) is 0. The summed E-state index contributed by atoms with van der Waals surface area (Å²) in [7, 11) is 0. The van der Waals surface area contributed by atoms with Gasteiger partial charge in [0.05, 0.1) is 6.04 Å². The van der Waals surface area contributed by atoms with Gasteiger partial charge in [0.1, 0.15) is 0 Å². The molecule has 0 saturated carbocycles. The number of carbonyl (C=O) groups is 1. The van der Waals surface area contributed by atoms with Crippen molar-refractivity contribution in [2.24, 2.45) is 0 Å². The van der Waals surface area contributed by atoms with Crippen LogP contribution in [0.2, 0.25) is 0 Å². The Morgan fingerprint density at radius 2 is 1.71 bits per heavy atom. The third kappa shape index (κ3) is 3.29. The first-order chi connectivity index (χ1) is 6.61. The van der Waals surface area contributed by atoms with E-state index in [-0.39, 0.29) is 11.9 Å². The highest BCUT2D eigenvalue weighted by atomic mass is 16.2. The summed E-state index contributed by atoms with van der Waals surface area (Å²) in [4.78, 5) is 13.9. The van der Waals surface area contributed by atoms with E-state index in [1.165, 1.54) is 19.3 Å². The van der Waals surface area contributed by atoms with Crippen LogP contribution >= 0.6 is 0 Å². The maximum Gasteiger partial charge on any atom is 0.239 e. The minimum absolute atomic E-state index is 0.0342. The predicted octanol–water partition coefficient (Wildman–Crippen LogP) is 1.39. The van der Waals surface area contributed by atoms with Crippen LogP contribution in [-0.2, 0) is 4.79 Å². The van der Waals surface area contributed by atoms with Crippen molar-refractivity contribution in [1.29, 1.82) is 0 Å². The van der Waals surface area contributed by atoms with Crippen LogP contribution < -0.4 is 5.32 Å². The second-order valence-corrected chi connectivity index (χ2v) is 4.43. The highest BCUT2D eigenvalue weighted by Crippen LogP contribution is 2.09. The summed E-state index contributed by atoms with van der Waals surface area (Å²) in [5.74, 6) is 0.262. The molecular formula is C11H22N2O. The first-order valence-electron chi connectivity index (χ1n) is 5.66. The standard InChI is InChI=1S/C11H22N2O/c1-9(2)12-10(3)11(14)13-7-5-4-6-8-13/h9-10,12H,4-8H2,1-3H3/t10-/m0/s1. The Hall–Kier alpha value is -0.570. The minimum atomic E-state index is -0.0342. The topological polar surface area (TPSA) is 32.3 Å². The Kier molecular flexibility index (Phi) is 4.39. The van der Waals surface area contributed by atoms with Crippen LogP contribution in [0, 0.1) is 0 Å². The van der Waals surface area contributed by atoms with E-state index < -0.39 is 0 Å². The number of likely N-dealkylation sites (tertiary alicyclic amines) is 1. The maximum absolute atomic E-state index is 11.9. The van der Waals surface area contributed by atoms with Gasteiger partial charge in [0, 0.05) is 19.1 Å². The van der Waals surface area contributed by atoms with Crippen LogP contribution in [0.5, 0.6) is 0 Å². The molecule has 0 bridgehead atoms. The molecule has 1 amide bonds. The monoisotopic (exact) mass is 198 g/mol. The Balaban J connectivity index is 2.38. The molecule has 1 atom stereocenters. The average molecular weight is 198 g/mol. The molecule has 0 aromatic carbocycles. The number of carbonyl (C=O) groups excluding carboxylic acids is 1. The van der Waals surface area contributed by atoms with Gasteiger partial charge in [-0.3, -0.25) is 4.79 Å². The molecule has 0 radical (unpaired) electrons.